The first-order chi connectivity index (χ1) is 13.6. The molecule has 3 aromatic rings. The topological polar surface area (TPSA) is 158 Å². The molecule has 0 aliphatic rings. The second kappa shape index (κ2) is 7.77. The summed E-state index contributed by atoms with van der Waals surface area (Å²) in [6, 6.07) is 12.4. The molecular weight excluding hydrogens is 426 g/mol. The van der Waals surface area contributed by atoms with Crippen LogP contribution in [0.3, 0.4) is 0 Å². The monoisotopic (exact) mass is 435 g/mol. The third-order valence-electron chi connectivity index (χ3n) is 3.69. The summed E-state index contributed by atoms with van der Waals surface area (Å²) in [5.41, 5.74) is 1.17. The standard InChI is InChI=1S/C16H10ClN5O6S/c17-29(27,28)20-16-18-14(10-1-5-12(6-2-10)21(23)24)9-15(19-16)11-3-7-13(8-4-11)22(25)26/h1-9H,(H,18,19,20). The van der Waals surface area contributed by atoms with Gasteiger partial charge in [0.15, 0.2) is 0 Å². The van der Waals surface area contributed by atoms with Crippen molar-refractivity contribution in [1.82, 2.24) is 9.97 Å². The number of non-ortho nitro benzene ring substituents is 2. The Hall–Kier alpha value is -3.64. The van der Waals surface area contributed by atoms with Crippen LogP contribution >= 0.6 is 10.7 Å². The average Bonchev–Trinajstić information content (AvgIpc) is 2.66. The summed E-state index contributed by atoms with van der Waals surface area (Å²) >= 11 is 0. The molecule has 11 nitrogen and oxygen atoms in total. The minimum absolute atomic E-state index is 0.125. The minimum Gasteiger partial charge on any atom is -0.258 e. The van der Waals surface area contributed by atoms with Crippen molar-refractivity contribution in [3.63, 3.8) is 0 Å². The van der Waals surface area contributed by atoms with E-state index in [1.807, 2.05) is 4.72 Å². The molecule has 3 rings (SSSR count). The van der Waals surface area contributed by atoms with E-state index in [0.29, 0.717) is 11.1 Å². The van der Waals surface area contributed by atoms with E-state index in [2.05, 4.69) is 9.97 Å². The maximum Gasteiger partial charge on any atom is 0.321 e. The zero-order valence-corrected chi connectivity index (χ0v) is 15.8. The van der Waals surface area contributed by atoms with E-state index < -0.39 is 19.1 Å². The summed E-state index contributed by atoms with van der Waals surface area (Å²) in [6.07, 6.45) is 0. The molecule has 13 heteroatoms. The van der Waals surface area contributed by atoms with Crippen LogP contribution in [0.1, 0.15) is 0 Å². The molecule has 0 aliphatic heterocycles. The Morgan fingerprint density at radius 3 is 1.48 bits per heavy atom. The van der Waals surface area contributed by atoms with Gasteiger partial charge in [-0.25, -0.2) is 14.7 Å². The summed E-state index contributed by atoms with van der Waals surface area (Å²) in [6.45, 7) is 0. The summed E-state index contributed by atoms with van der Waals surface area (Å²) in [4.78, 5) is 28.7. The highest BCUT2D eigenvalue weighted by molar-refractivity contribution is 8.14. The van der Waals surface area contributed by atoms with Gasteiger partial charge in [-0.1, -0.05) is 0 Å². The molecule has 148 valence electrons. The highest BCUT2D eigenvalue weighted by Crippen LogP contribution is 2.28. The molecule has 0 saturated carbocycles. The van der Waals surface area contributed by atoms with Gasteiger partial charge in [0.1, 0.15) is 0 Å². The number of aromatic nitrogens is 2. The van der Waals surface area contributed by atoms with Gasteiger partial charge in [-0.05, 0) is 30.3 Å². The number of nitrogens with one attached hydrogen (secondary N) is 1. The average molecular weight is 436 g/mol. The zero-order chi connectivity index (χ0) is 21.2. The number of nitro groups is 2. The van der Waals surface area contributed by atoms with E-state index in [9.17, 15) is 28.6 Å². The lowest BCUT2D eigenvalue weighted by Gasteiger charge is -2.09. The first-order valence-corrected chi connectivity index (χ1v) is 10.0. The molecule has 0 fully saturated rings. The van der Waals surface area contributed by atoms with Crippen LogP contribution in [0, 0.1) is 20.2 Å². The number of benzene rings is 2. The Kier molecular flexibility index (Phi) is 5.39. The second-order valence-electron chi connectivity index (χ2n) is 5.61. The fourth-order valence-corrected chi connectivity index (χ4v) is 2.92. The third-order valence-corrected chi connectivity index (χ3v) is 4.34. The number of anilines is 1. The van der Waals surface area contributed by atoms with Crippen LogP contribution in [0.25, 0.3) is 22.5 Å². The molecule has 0 unspecified atom stereocenters. The molecule has 0 spiro atoms. The van der Waals surface area contributed by atoms with Gasteiger partial charge in [-0.3, -0.25) is 20.2 Å². The number of hydrogen-bond acceptors (Lipinski definition) is 8. The van der Waals surface area contributed by atoms with Gasteiger partial charge in [0, 0.05) is 46.1 Å². The third kappa shape index (κ3) is 5.00. The lowest BCUT2D eigenvalue weighted by Crippen LogP contribution is -2.09. The predicted octanol–water partition coefficient (Wildman–Crippen LogP) is 3.52. The van der Waals surface area contributed by atoms with Crippen molar-refractivity contribution in [1.29, 1.82) is 0 Å². The summed E-state index contributed by atoms with van der Waals surface area (Å²) in [7, 11) is 1.01. The van der Waals surface area contributed by atoms with Gasteiger partial charge in [0.2, 0.25) is 5.95 Å². The van der Waals surface area contributed by atoms with Gasteiger partial charge in [-0.15, -0.1) is 0 Å². The van der Waals surface area contributed by atoms with Gasteiger partial charge < -0.3 is 0 Å². The number of nitrogens with zero attached hydrogens (tertiary/aromatic N) is 4. The molecule has 1 heterocycles. The molecule has 2 aromatic carbocycles. The molecule has 0 atom stereocenters. The van der Waals surface area contributed by atoms with Crippen LogP contribution in [0.4, 0.5) is 17.3 Å². The molecule has 0 bridgehead atoms. The number of rotatable bonds is 6. The SMILES string of the molecule is O=[N+]([O-])c1ccc(-c2cc(-c3ccc([N+](=O)[O-])cc3)nc(NS(=O)(=O)Cl)n2)cc1. The van der Waals surface area contributed by atoms with E-state index in [0.717, 1.165) is 0 Å². The van der Waals surface area contributed by atoms with Crippen LogP contribution in [-0.2, 0) is 9.24 Å². The Labute approximate surface area is 167 Å². The number of halogens is 1. The van der Waals surface area contributed by atoms with Crippen molar-refractivity contribution in [3.8, 4) is 22.5 Å². The second-order valence-corrected chi connectivity index (χ2v) is 7.91. The molecular formula is C16H10ClN5O6S. The van der Waals surface area contributed by atoms with Gasteiger partial charge in [0.25, 0.3) is 11.4 Å². The Morgan fingerprint density at radius 1 is 0.793 bits per heavy atom. The maximum absolute atomic E-state index is 11.4. The predicted molar refractivity (Wildman–Crippen MR) is 105 cm³/mol. The smallest absolute Gasteiger partial charge is 0.258 e. The van der Waals surface area contributed by atoms with E-state index >= 15 is 0 Å². The minimum atomic E-state index is -4.19. The molecule has 0 saturated heterocycles. The molecule has 0 radical (unpaired) electrons. The van der Waals surface area contributed by atoms with Crippen LogP contribution in [0.5, 0.6) is 0 Å². The summed E-state index contributed by atoms with van der Waals surface area (Å²) in [5, 5.41) is 21.6. The Balaban J connectivity index is 2.10. The van der Waals surface area contributed by atoms with Crippen molar-refractivity contribution in [2.75, 3.05) is 4.72 Å². The van der Waals surface area contributed by atoms with Crippen LogP contribution in [0.15, 0.2) is 54.6 Å². The Morgan fingerprint density at radius 2 is 1.17 bits per heavy atom. The fraction of sp³-hybridized carbons (Fsp3) is 0. The molecule has 29 heavy (non-hydrogen) atoms. The van der Waals surface area contributed by atoms with E-state index in [1.54, 1.807) is 0 Å². The van der Waals surface area contributed by atoms with Crippen LogP contribution < -0.4 is 4.72 Å². The quantitative estimate of drug-likeness (QED) is 0.349. The molecule has 0 amide bonds. The Bertz CT molecular complexity index is 1120. The fourth-order valence-electron chi connectivity index (χ4n) is 2.41. The van der Waals surface area contributed by atoms with E-state index in [-0.39, 0.29) is 28.7 Å². The first kappa shape index (κ1) is 20.1. The van der Waals surface area contributed by atoms with Crippen LogP contribution in [-0.4, -0.2) is 28.2 Å². The van der Waals surface area contributed by atoms with Crippen molar-refractivity contribution in [3.05, 3.63) is 74.8 Å². The number of nitro benzene ring substituents is 2. The van der Waals surface area contributed by atoms with E-state index in [4.69, 9.17) is 10.7 Å². The highest BCUT2D eigenvalue weighted by atomic mass is 35.7. The van der Waals surface area contributed by atoms with Gasteiger partial charge in [0.05, 0.1) is 21.2 Å². The van der Waals surface area contributed by atoms with Crippen molar-refractivity contribution in [2.24, 2.45) is 0 Å². The van der Waals surface area contributed by atoms with Crippen molar-refractivity contribution >= 4 is 37.2 Å². The lowest BCUT2D eigenvalue weighted by atomic mass is 10.1. The van der Waals surface area contributed by atoms with Gasteiger partial charge in [-0.2, -0.15) is 8.42 Å². The largest absolute Gasteiger partial charge is 0.321 e. The molecule has 0 aliphatic carbocycles. The van der Waals surface area contributed by atoms with Crippen LogP contribution in [0.2, 0.25) is 0 Å². The zero-order valence-electron chi connectivity index (χ0n) is 14.2. The first-order valence-electron chi connectivity index (χ1n) is 7.73. The highest BCUT2D eigenvalue weighted by Gasteiger charge is 2.14. The lowest BCUT2D eigenvalue weighted by molar-refractivity contribution is -0.385. The molecule has 1 N–H and O–H groups in total. The van der Waals surface area contributed by atoms with Crippen molar-refractivity contribution < 1.29 is 18.3 Å². The van der Waals surface area contributed by atoms with E-state index in [1.165, 1.54) is 54.6 Å². The molecule has 1 aromatic heterocycles. The normalized spacial score (nSPS) is 11.1. The maximum atomic E-state index is 11.4. The number of hydrogen-bond donors (Lipinski definition) is 1. The van der Waals surface area contributed by atoms with Gasteiger partial charge >= 0.3 is 9.24 Å². The summed E-state index contributed by atoms with van der Waals surface area (Å²) < 4.78 is 24.7. The summed E-state index contributed by atoms with van der Waals surface area (Å²) in [5.74, 6) is -0.329. The van der Waals surface area contributed by atoms with Crippen molar-refractivity contribution in [2.45, 2.75) is 0 Å².